The number of amides is 1. The zero-order chi connectivity index (χ0) is 23.1. The summed E-state index contributed by atoms with van der Waals surface area (Å²) in [6, 6.07) is 10.6. The molecule has 170 valence electrons. The minimum absolute atomic E-state index is 0.0412. The zero-order valence-electron chi connectivity index (χ0n) is 17.4. The topological polar surface area (TPSA) is 110 Å². The number of likely N-dealkylation sites (tertiary alicyclic amines) is 1. The van der Waals surface area contributed by atoms with Gasteiger partial charge in [0.2, 0.25) is 10.0 Å². The number of carbonyl (C=O) groups excluding carboxylic acids is 1. The smallest absolute Gasteiger partial charge is 0.288 e. The summed E-state index contributed by atoms with van der Waals surface area (Å²) in [5.41, 5.74) is -0.216. The van der Waals surface area contributed by atoms with Crippen LogP contribution in [0.15, 0.2) is 47.4 Å². The highest BCUT2D eigenvalue weighted by molar-refractivity contribution is 7.89. The zero-order valence-corrected chi connectivity index (χ0v) is 18.9. The van der Waals surface area contributed by atoms with Gasteiger partial charge in [-0.2, -0.15) is 4.31 Å². The van der Waals surface area contributed by atoms with Crippen molar-refractivity contribution in [1.82, 2.24) is 9.21 Å². The Bertz CT molecular complexity index is 1160. The lowest BCUT2D eigenvalue weighted by Gasteiger charge is -2.42. The van der Waals surface area contributed by atoms with Crippen molar-refractivity contribution in [3.05, 3.63) is 68.7 Å². The van der Waals surface area contributed by atoms with Crippen LogP contribution >= 0.6 is 11.6 Å². The number of nitro benzene ring substituents is 1. The summed E-state index contributed by atoms with van der Waals surface area (Å²) in [4.78, 5) is 25.2. The van der Waals surface area contributed by atoms with Crippen molar-refractivity contribution in [1.29, 1.82) is 0 Å². The lowest BCUT2D eigenvalue weighted by atomic mass is 10.00. The second-order valence-electron chi connectivity index (χ2n) is 7.90. The van der Waals surface area contributed by atoms with Gasteiger partial charge in [0, 0.05) is 44.1 Å². The number of sulfonamides is 1. The van der Waals surface area contributed by atoms with E-state index in [1.807, 2.05) is 6.92 Å². The number of rotatable bonds is 4. The Morgan fingerprint density at radius 1 is 1.12 bits per heavy atom. The Kier molecular flexibility index (Phi) is 5.97. The third kappa shape index (κ3) is 3.99. The molecule has 1 amide bonds. The Morgan fingerprint density at radius 2 is 1.78 bits per heavy atom. The number of nitro groups is 1. The summed E-state index contributed by atoms with van der Waals surface area (Å²) in [5, 5.41) is 11.1. The molecule has 2 heterocycles. The molecule has 0 aromatic heterocycles. The van der Waals surface area contributed by atoms with Crippen LogP contribution in [0.3, 0.4) is 0 Å². The summed E-state index contributed by atoms with van der Waals surface area (Å²) in [7, 11) is -3.76. The van der Waals surface area contributed by atoms with E-state index in [2.05, 4.69) is 0 Å². The van der Waals surface area contributed by atoms with Crippen LogP contribution < -0.4 is 0 Å². The van der Waals surface area contributed by atoms with Crippen molar-refractivity contribution in [2.45, 2.75) is 30.4 Å². The molecule has 2 fully saturated rings. The highest BCUT2D eigenvalue weighted by Crippen LogP contribution is 2.38. The number of carbonyl (C=O) groups is 1. The highest BCUT2D eigenvalue weighted by Gasteiger charge is 2.51. The van der Waals surface area contributed by atoms with Crippen LogP contribution in [-0.4, -0.2) is 60.4 Å². The number of halogens is 1. The van der Waals surface area contributed by atoms with E-state index in [4.69, 9.17) is 16.3 Å². The van der Waals surface area contributed by atoms with Crippen molar-refractivity contribution >= 4 is 33.2 Å². The molecule has 0 aliphatic carbocycles. The predicted molar refractivity (Wildman–Crippen MR) is 117 cm³/mol. The quantitative estimate of drug-likeness (QED) is 0.492. The third-order valence-electron chi connectivity index (χ3n) is 5.95. The van der Waals surface area contributed by atoms with Crippen LogP contribution in [0.2, 0.25) is 5.02 Å². The molecule has 0 bridgehead atoms. The van der Waals surface area contributed by atoms with Crippen LogP contribution in [0.4, 0.5) is 5.69 Å². The molecule has 2 saturated heterocycles. The lowest BCUT2D eigenvalue weighted by Crippen LogP contribution is -2.55. The molecule has 11 heteroatoms. The Hall–Kier alpha value is -2.53. The van der Waals surface area contributed by atoms with Gasteiger partial charge in [-0.05, 0) is 31.2 Å². The second kappa shape index (κ2) is 8.43. The molecule has 2 aromatic carbocycles. The number of hydrogen-bond acceptors (Lipinski definition) is 6. The fourth-order valence-corrected chi connectivity index (χ4v) is 6.10. The summed E-state index contributed by atoms with van der Waals surface area (Å²) in [5.74, 6) is -0.370. The summed E-state index contributed by atoms with van der Waals surface area (Å²) >= 11 is 5.84. The fourth-order valence-electron chi connectivity index (χ4n) is 4.19. The first kappa shape index (κ1) is 22.7. The highest BCUT2D eigenvalue weighted by atomic mass is 35.5. The van der Waals surface area contributed by atoms with E-state index in [1.165, 1.54) is 16.4 Å². The SMILES string of the molecule is Cc1ccc(S(=O)(=O)N2CCOC23CCN(C(=O)c2ccc(Cl)c([N+](=O)[O-])c2)CC3)cc1. The van der Waals surface area contributed by atoms with E-state index < -0.39 is 20.7 Å². The minimum Gasteiger partial charge on any atom is -0.358 e. The van der Waals surface area contributed by atoms with Crippen molar-refractivity contribution in [3.8, 4) is 0 Å². The minimum atomic E-state index is -3.76. The maximum absolute atomic E-state index is 13.3. The van der Waals surface area contributed by atoms with E-state index >= 15 is 0 Å². The molecule has 0 unspecified atom stereocenters. The molecule has 4 rings (SSSR count). The molecule has 2 aromatic rings. The van der Waals surface area contributed by atoms with Crippen molar-refractivity contribution in [2.24, 2.45) is 0 Å². The van der Waals surface area contributed by atoms with Gasteiger partial charge in [-0.3, -0.25) is 14.9 Å². The molecular weight excluding hydrogens is 458 g/mol. The van der Waals surface area contributed by atoms with Gasteiger partial charge in [-0.1, -0.05) is 29.3 Å². The molecule has 32 heavy (non-hydrogen) atoms. The van der Waals surface area contributed by atoms with Gasteiger partial charge in [-0.25, -0.2) is 8.42 Å². The van der Waals surface area contributed by atoms with Crippen molar-refractivity contribution in [3.63, 3.8) is 0 Å². The molecule has 0 atom stereocenters. The van der Waals surface area contributed by atoms with E-state index in [1.54, 1.807) is 29.2 Å². The number of benzene rings is 2. The largest absolute Gasteiger partial charge is 0.358 e. The van der Waals surface area contributed by atoms with Gasteiger partial charge in [-0.15, -0.1) is 0 Å². The summed E-state index contributed by atoms with van der Waals surface area (Å²) < 4.78 is 33.9. The average molecular weight is 480 g/mol. The van der Waals surface area contributed by atoms with Crippen LogP contribution in [0.1, 0.15) is 28.8 Å². The van der Waals surface area contributed by atoms with Gasteiger partial charge in [0.25, 0.3) is 11.6 Å². The molecule has 2 aliphatic heterocycles. The number of hydrogen-bond donors (Lipinski definition) is 0. The van der Waals surface area contributed by atoms with Gasteiger partial charge >= 0.3 is 0 Å². The van der Waals surface area contributed by atoms with E-state index in [9.17, 15) is 23.3 Å². The summed E-state index contributed by atoms with van der Waals surface area (Å²) in [6.45, 7) is 2.93. The standard InChI is InChI=1S/C21H22ClN3O6S/c1-15-2-5-17(6-3-15)32(29,30)24-12-13-31-21(24)8-10-23(11-9-21)20(26)16-4-7-18(22)19(14-16)25(27)28/h2-7,14H,8-13H2,1H3. The average Bonchev–Trinajstić information content (AvgIpc) is 3.18. The number of piperidine rings is 1. The molecule has 0 saturated carbocycles. The predicted octanol–water partition coefficient (Wildman–Crippen LogP) is 3.21. The van der Waals surface area contributed by atoms with Crippen LogP contribution in [0.5, 0.6) is 0 Å². The molecule has 2 aliphatic rings. The van der Waals surface area contributed by atoms with E-state index in [0.29, 0.717) is 12.8 Å². The first-order valence-electron chi connectivity index (χ1n) is 10.1. The van der Waals surface area contributed by atoms with Gasteiger partial charge in [0.05, 0.1) is 16.4 Å². The number of aryl methyl sites for hydroxylation is 1. The van der Waals surface area contributed by atoms with Gasteiger partial charge in [0.1, 0.15) is 10.7 Å². The Balaban J connectivity index is 1.52. The molecule has 0 radical (unpaired) electrons. The summed E-state index contributed by atoms with van der Waals surface area (Å²) in [6.07, 6.45) is 0.610. The van der Waals surface area contributed by atoms with E-state index in [0.717, 1.165) is 11.6 Å². The van der Waals surface area contributed by atoms with Crippen LogP contribution in [0.25, 0.3) is 0 Å². The normalized spacial score (nSPS) is 18.8. The van der Waals surface area contributed by atoms with Crippen molar-refractivity contribution in [2.75, 3.05) is 26.2 Å². The molecular formula is C21H22ClN3O6S. The molecule has 1 spiro atoms. The fraction of sp³-hybridized carbons (Fsp3) is 0.381. The molecule has 0 N–H and O–H groups in total. The monoisotopic (exact) mass is 479 g/mol. The van der Waals surface area contributed by atoms with Crippen LogP contribution in [0, 0.1) is 17.0 Å². The first-order valence-corrected chi connectivity index (χ1v) is 11.9. The Morgan fingerprint density at radius 3 is 2.41 bits per heavy atom. The Labute approximate surface area is 190 Å². The molecule has 9 nitrogen and oxygen atoms in total. The van der Waals surface area contributed by atoms with Gasteiger partial charge in [0.15, 0.2) is 0 Å². The van der Waals surface area contributed by atoms with Gasteiger partial charge < -0.3 is 9.64 Å². The van der Waals surface area contributed by atoms with Crippen molar-refractivity contribution < 1.29 is 22.9 Å². The number of nitrogens with zero attached hydrogens (tertiary/aromatic N) is 3. The number of ether oxygens (including phenoxy) is 1. The third-order valence-corrected chi connectivity index (χ3v) is 8.23. The van der Waals surface area contributed by atoms with Crippen LogP contribution in [-0.2, 0) is 14.8 Å². The van der Waals surface area contributed by atoms with E-state index in [-0.39, 0.29) is 53.3 Å². The second-order valence-corrected chi connectivity index (χ2v) is 10.2. The maximum atomic E-state index is 13.3. The lowest BCUT2D eigenvalue weighted by molar-refractivity contribution is -0.384. The maximum Gasteiger partial charge on any atom is 0.288 e. The first-order chi connectivity index (χ1) is 15.1.